The highest BCUT2D eigenvalue weighted by atomic mass is 15.1. The maximum absolute atomic E-state index is 4.62. The van der Waals surface area contributed by atoms with Crippen LogP contribution in [0.4, 0.5) is 11.8 Å². The van der Waals surface area contributed by atoms with Gasteiger partial charge in [0.2, 0.25) is 5.95 Å². The number of aromatic nitrogens is 2. The van der Waals surface area contributed by atoms with Gasteiger partial charge in [-0.3, -0.25) is 0 Å². The minimum atomic E-state index is 0.541. The predicted molar refractivity (Wildman–Crippen MR) is 85.1 cm³/mol. The molecule has 1 fully saturated rings. The highest BCUT2D eigenvalue weighted by molar-refractivity contribution is 5.47. The molecule has 3 atom stereocenters. The zero-order valence-corrected chi connectivity index (χ0v) is 13.2. The van der Waals surface area contributed by atoms with Crippen molar-refractivity contribution in [3.63, 3.8) is 0 Å². The van der Waals surface area contributed by atoms with E-state index in [-0.39, 0.29) is 0 Å². The first-order valence-corrected chi connectivity index (χ1v) is 7.94. The van der Waals surface area contributed by atoms with Crippen molar-refractivity contribution < 1.29 is 0 Å². The molecule has 1 aliphatic carbocycles. The zero-order valence-electron chi connectivity index (χ0n) is 13.2. The SMILES string of the molecule is CCCNc1ncc(C)c(NC2CCC(C)CC2C)n1. The topological polar surface area (TPSA) is 49.8 Å². The van der Waals surface area contributed by atoms with Crippen LogP contribution in [0.1, 0.15) is 52.0 Å². The van der Waals surface area contributed by atoms with Gasteiger partial charge in [-0.05, 0) is 44.4 Å². The standard InChI is InChI=1S/C16H28N4/c1-5-8-17-16-18-10-13(4)15(20-16)19-14-7-6-11(2)9-12(14)3/h10-12,14H,5-9H2,1-4H3,(H2,17,18,19,20). The smallest absolute Gasteiger partial charge is 0.224 e. The van der Waals surface area contributed by atoms with Gasteiger partial charge in [-0.2, -0.15) is 4.98 Å². The van der Waals surface area contributed by atoms with Crippen LogP contribution in [0.5, 0.6) is 0 Å². The Morgan fingerprint density at radius 2 is 2.10 bits per heavy atom. The normalized spacial score (nSPS) is 26.3. The fourth-order valence-corrected chi connectivity index (χ4v) is 2.97. The largest absolute Gasteiger partial charge is 0.367 e. The summed E-state index contributed by atoms with van der Waals surface area (Å²) in [6.45, 7) is 9.84. The molecule has 1 aromatic heterocycles. The van der Waals surface area contributed by atoms with Crippen molar-refractivity contribution in [2.45, 2.75) is 59.4 Å². The van der Waals surface area contributed by atoms with Crippen molar-refractivity contribution in [1.82, 2.24) is 9.97 Å². The molecule has 1 saturated carbocycles. The third kappa shape index (κ3) is 3.84. The van der Waals surface area contributed by atoms with E-state index in [1.807, 2.05) is 6.20 Å². The van der Waals surface area contributed by atoms with E-state index < -0.39 is 0 Å². The van der Waals surface area contributed by atoms with E-state index in [0.29, 0.717) is 12.0 Å². The second-order valence-corrected chi connectivity index (χ2v) is 6.30. The third-order valence-corrected chi connectivity index (χ3v) is 4.26. The number of aryl methyl sites for hydroxylation is 1. The zero-order chi connectivity index (χ0) is 14.5. The molecule has 0 bridgehead atoms. The number of anilines is 2. The predicted octanol–water partition coefficient (Wildman–Crippen LogP) is 3.84. The van der Waals surface area contributed by atoms with Crippen LogP contribution in [-0.4, -0.2) is 22.6 Å². The van der Waals surface area contributed by atoms with Crippen molar-refractivity contribution in [3.8, 4) is 0 Å². The molecule has 0 aliphatic heterocycles. The molecular weight excluding hydrogens is 248 g/mol. The van der Waals surface area contributed by atoms with Crippen molar-refractivity contribution in [1.29, 1.82) is 0 Å². The van der Waals surface area contributed by atoms with Gasteiger partial charge in [-0.1, -0.05) is 20.8 Å². The van der Waals surface area contributed by atoms with Gasteiger partial charge in [0.1, 0.15) is 5.82 Å². The van der Waals surface area contributed by atoms with Crippen LogP contribution in [0.25, 0.3) is 0 Å². The van der Waals surface area contributed by atoms with E-state index in [0.717, 1.165) is 36.2 Å². The van der Waals surface area contributed by atoms with Crippen molar-refractivity contribution in [2.75, 3.05) is 17.2 Å². The van der Waals surface area contributed by atoms with E-state index in [1.54, 1.807) is 0 Å². The first-order chi connectivity index (χ1) is 9.60. The van der Waals surface area contributed by atoms with Crippen molar-refractivity contribution >= 4 is 11.8 Å². The van der Waals surface area contributed by atoms with Crippen LogP contribution in [-0.2, 0) is 0 Å². The molecule has 3 unspecified atom stereocenters. The fraction of sp³-hybridized carbons (Fsp3) is 0.750. The lowest BCUT2D eigenvalue weighted by atomic mass is 9.80. The fourth-order valence-electron chi connectivity index (χ4n) is 2.97. The Hall–Kier alpha value is -1.32. The quantitative estimate of drug-likeness (QED) is 0.858. The van der Waals surface area contributed by atoms with E-state index in [1.165, 1.54) is 19.3 Å². The van der Waals surface area contributed by atoms with E-state index in [9.17, 15) is 0 Å². The lowest BCUT2D eigenvalue weighted by Gasteiger charge is -2.33. The molecule has 2 rings (SSSR count). The Labute approximate surface area is 122 Å². The van der Waals surface area contributed by atoms with E-state index in [2.05, 4.69) is 48.3 Å². The summed E-state index contributed by atoms with van der Waals surface area (Å²) in [7, 11) is 0. The van der Waals surface area contributed by atoms with Crippen LogP contribution in [0.15, 0.2) is 6.20 Å². The van der Waals surface area contributed by atoms with E-state index >= 15 is 0 Å². The molecule has 4 heteroatoms. The van der Waals surface area contributed by atoms with Crippen LogP contribution in [0, 0.1) is 18.8 Å². The number of hydrogen-bond acceptors (Lipinski definition) is 4. The summed E-state index contributed by atoms with van der Waals surface area (Å²) in [5.74, 6) is 3.29. The first kappa shape index (κ1) is 15.1. The number of rotatable bonds is 5. The minimum absolute atomic E-state index is 0.541. The Morgan fingerprint density at radius 3 is 2.80 bits per heavy atom. The Morgan fingerprint density at radius 1 is 1.30 bits per heavy atom. The van der Waals surface area contributed by atoms with Gasteiger partial charge >= 0.3 is 0 Å². The summed E-state index contributed by atoms with van der Waals surface area (Å²) in [4.78, 5) is 8.96. The van der Waals surface area contributed by atoms with E-state index in [4.69, 9.17) is 0 Å². The van der Waals surface area contributed by atoms with Gasteiger partial charge in [0.25, 0.3) is 0 Å². The average molecular weight is 276 g/mol. The number of nitrogens with one attached hydrogen (secondary N) is 2. The monoisotopic (exact) mass is 276 g/mol. The van der Waals surface area contributed by atoms with Crippen LogP contribution in [0.2, 0.25) is 0 Å². The van der Waals surface area contributed by atoms with Crippen molar-refractivity contribution in [2.24, 2.45) is 11.8 Å². The molecule has 0 amide bonds. The number of nitrogens with zero attached hydrogens (tertiary/aromatic N) is 2. The lowest BCUT2D eigenvalue weighted by molar-refractivity contribution is 0.276. The van der Waals surface area contributed by atoms with Gasteiger partial charge in [0.05, 0.1) is 0 Å². The van der Waals surface area contributed by atoms with Gasteiger partial charge in [-0.25, -0.2) is 4.98 Å². The summed E-state index contributed by atoms with van der Waals surface area (Å²) in [6.07, 6.45) is 6.85. The molecule has 1 aromatic rings. The van der Waals surface area contributed by atoms with Gasteiger partial charge < -0.3 is 10.6 Å². The molecule has 1 aliphatic rings. The highest BCUT2D eigenvalue weighted by Crippen LogP contribution is 2.31. The molecule has 4 nitrogen and oxygen atoms in total. The molecule has 1 heterocycles. The molecule has 0 aromatic carbocycles. The maximum Gasteiger partial charge on any atom is 0.224 e. The van der Waals surface area contributed by atoms with Gasteiger partial charge in [0, 0.05) is 24.3 Å². The molecule has 2 N–H and O–H groups in total. The van der Waals surface area contributed by atoms with Crippen LogP contribution < -0.4 is 10.6 Å². The summed E-state index contributed by atoms with van der Waals surface area (Å²) in [5.41, 5.74) is 1.12. The highest BCUT2D eigenvalue weighted by Gasteiger charge is 2.25. The summed E-state index contributed by atoms with van der Waals surface area (Å²) in [6, 6.07) is 0.541. The van der Waals surface area contributed by atoms with Crippen molar-refractivity contribution in [3.05, 3.63) is 11.8 Å². The minimum Gasteiger partial charge on any atom is -0.367 e. The Bertz CT molecular complexity index is 432. The lowest BCUT2D eigenvalue weighted by Crippen LogP contribution is -2.33. The third-order valence-electron chi connectivity index (χ3n) is 4.26. The molecule has 112 valence electrons. The maximum atomic E-state index is 4.62. The molecule has 20 heavy (non-hydrogen) atoms. The summed E-state index contributed by atoms with van der Waals surface area (Å²) < 4.78 is 0. The van der Waals surface area contributed by atoms with Gasteiger partial charge in [-0.15, -0.1) is 0 Å². The second kappa shape index (κ2) is 6.91. The number of hydrogen-bond donors (Lipinski definition) is 2. The van der Waals surface area contributed by atoms with Crippen LogP contribution in [0.3, 0.4) is 0 Å². The average Bonchev–Trinajstić information content (AvgIpc) is 2.42. The Balaban J connectivity index is 2.04. The summed E-state index contributed by atoms with van der Waals surface area (Å²) >= 11 is 0. The van der Waals surface area contributed by atoms with Crippen LogP contribution >= 0.6 is 0 Å². The Kier molecular flexibility index (Phi) is 5.21. The molecule has 0 spiro atoms. The molecular formula is C16H28N4. The molecule has 0 saturated heterocycles. The second-order valence-electron chi connectivity index (χ2n) is 6.30. The molecule has 0 radical (unpaired) electrons. The first-order valence-electron chi connectivity index (χ1n) is 7.94. The van der Waals surface area contributed by atoms with Gasteiger partial charge in [0.15, 0.2) is 0 Å². The summed E-state index contributed by atoms with van der Waals surface area (Å²) in [5, 5.41) is 6.90.